The van der Waals surface area contributed by atoms with Crippen LogP contribution in [-0.4, -0.2) is 59.2 Å². The molecule has 2 aromatic rings. The number of amides is 3. The highest BCUT2D eigenvalue weighted by Gasteiger charge is 2.59. The van der Waals surface area contributed by atoms with E-state index in [1.54, 1.807) is 7.11 Å². The average molecular weight is 434 g/mol. The minimum Gasteiger partial charge on any atom is -0.497 e. The number of imide groups is 1. The Bertz CT molecular complexity index is 1110. The number of rotatable bonds is 4. The van der Waals surface area contributed by atoms with Gasteiger partial charge in [0.05, 0.1) is 18.9 Å². The zero-order valence-electron chi connectivity index (χ0n) is 18.1. The van der Waals surface area contributed by atoms with Gasteiger partial charge in [-0.25, -0.2) is 0 Å². The number of fused-ring (bicyclic) bond motifs is 6. The van der Waals surface area contributed by atoms with Crippen LogP contribution in [0.4, 0.5) is 0 Å². The Morgan fingerprint density at radius 2 is 1.78 bits per heavy atom. The maximum absolute atomic E-state index is 13.0. The zero-order valence-corrected chi connectivity index (χ0v) is 18.1. The van der Waals surface area contributed by atoms with E-state index in [9.17, 15) is 14.4 Å². The molecule has 3 fully saturated rings. The molecule has 4 unspecified atom stereocenters. The van der Waals surface area contributed by atoms with Gasteiger partial charge < -0.3 is 14.6 Å². The van der Waals surface area contributed by atoms with Gasteiger partial charge >= 0.3 is 0 Å². The number of H-pyrrole nitrogens is 1. The van der Waals surface area contributed by atoms with Crippen LogP contribution in [0.1, 0.15) is 30.7 Å². The van der Waals surface area contributed by atoms with Crippen molar-refractivity contribution in [3.8, 4) is 5.75 Å². The van der Waals surface area contributed by atoms with E-state index in [2.05, 4.69) is 29.4 Å². The monoisotopic (exact) mass is 433 g/mol. The number of carbonyl (C=O) groups is 3. The van der Waals surface area contributed by atoms with Gasteiger partial charge in [0.15, 0.2) is 0 Å². The lowest BCUT2D eigenvalue weighted by atomic mass is 9.85. The number of allylic oxidation sites excluding steroid dienone is 2. The van der Waals surface area contributed by atoms with Crippen molar-refractivity contribution < 1.29 is 19.1 Å². The molecule has 2 saturated heterocycles. The molecule has 2 aliphatic heterocycles. The standard InChI is InChI=1S/C25H27N3O4/c1-32-17-4-5-20-18(11-17)19(12-26-20)14-6-8-27(9-7-14)21(29)13-28-24(30)22-15-2-3-16(10-15)23(22)25(28)31/h2-5,11-12,14-16,22-23,26H,6-10,13H2,1H3. The van der Waals surface area contributed by atoms with Crippen molar-refractivity contribution in [1.29, 1.82) is 0 Å². The van der Waals surface area contributed by atoms with Gasteiger partial charge in [-0.2, -0.15) is 0 Å². The fourth-order valence-electron chi connectivity index (χ4n) is 6.38. The Balaban J connectivity index is 1.11. The third-order valence-corrected chi connectivity index (χ3v) is 8.06. The number of benzene rings is 1. The van der Waals surface area contributed by atoms with Crippen molar-refractivity contribution >= 4 is 28.6 Å². The molecule has 1 aromatic carbocycles. The molecule has 3 heterocycles. The molecule has 3 amide bonds. The van der Waals surface area contributed by atoms with Gasteiger partial charge in [-0.1, -0.05) is 12.2 Å². The Morgan fingerprint density at radius 3 is 2.44 bits per heavy atom. The molecular weight excluding hydrogens is 406 g/mol. The molecule has 166 valence electrons. The summed E-state index contributed by atoms with van der Waals surface area (Å²) < 4.78 is 5.38. The third kappa shape index (κ3) is 2.83. The number of methoxy groups -OCH3 is 1. The molecule has 1 N–H and O–H groups in total. The largest absolute Gasteiger partial charge is 0.497 e. The SMILES string of the molecule is COc1ccc2[nH]cc(C3CCN(C(=O)CN4C(=O)C5C6C=CC(C6)C5C4=O)CC3)c2c1. The van der Waals surface area contributed by atoms with E-state index in [1.807, 2.05) is 17.0 Å². The number of piperidine rings is 1. The molecule has 4 aliphatic rings. The van der Waals surface area contributed by atoms with Gasteiger partial charge in [0.25, 0.3) is 0 Å². The second-order valence-corrected chi connectivity index (χ2v) is 9.57. The van der Waals surface area contributed by atoms with Gasteiger partial charge in [-0.3, -0.25) is 19.3 Å². The molecule has 7 heteroatoms. The molecule has 0 radical (unpaired) electrons. The van der Waals surface area contributed by atoms with E-state index in [4.69, 9.17) is 4.74 Å². The predicted octanol–water partition coefficient (Wildman–Crippen LogP) is 2.69. The van der Waals surface area contributed by atoms with Crippen molar-refractivity contribution in [3.05, 3.63) is 42.1 Å². The fraction of sp³-hybridized carbons (Fsp3) is 0.480. The highest BCUT2D eigenvalue weighted by molar-refractivity contribution is 6.08. The summed E-state index contributed by atoms with van der Waals surface area (Å²) in [4.78, 5) is 45.1. The van der Waals surface area contributed by atoms with E-state index >= 15 is 0 Å². The molecule has 32 heavy (non-hydrogen) atoms. The maximum atomic E-state index is 13.0. The van der Waals surface area contributed by atoms with Gasteiger partial charge in [0.2, 0.25) is 17.7 Å². The Kier molecular flexibility index (Phi) is 4.42. The van der Waals surface area contributed by atoms with E-state index in [1.165, 1.54) is 10.5 Å². The number of hydrogen-bond acceptors (Lipinski definition) is 4. The van der Waals surface area contributed by atoms with Crippen molar-refractivity contribution in [2.24, 2.45) is 23.7 Å². The molecule has 0 spiro atoms. The lowest BCUT2D eigenvalue weighted by molar-refractivity contribution is -0.147. The van der Waals surface area contributed by atoms with Crippen LogP contribution in [0.5, 0.6) is 5.75 Å². The summed E-state index contributed by atoms with van der Waals surface area (Å²) in [5.74, 6) is 0.644. The highest BCUT2D eigenvalue weighted by Crippen LogP contribution is 2.52. The number of carbonyl (C=O) groups excluding carboxylic acids is 3. The predicted molar refractivity (Wildman–Crippen MR) is 118 cm³/mol. The topological polar surface area (TPSA) is 82.7 Å². The number of nitrogens with zero attached hydrogens (tertiary/aromatic N) is 2. The number of aromatic amines is 1. The van der Waals surface area contributed by atoms with Crippen LogP contribution in [0.25, 0.3) is 10.9 Å². The number of nitrogens with one attached hydrogen (secondary N) is 1. The minimum atomic E-state index is -0.241. The summed E-state index contributed by atoms with van der Waals surface area (Å²) in [6.07, 6.45) is 8.84. The quantitative estimate of drug-likeness (QED) is 0.594. The summed E-state index contributed by atoms with van der Waals surface area (Å²) in [5, 5.41) is 1.16. The van der Waals surface area contributed by atoms with Crippen LogP contribution in [0.15, 0.2) is 36.5 Å². The Morgan fingerprint density at radius 1 is 1.09 bits per heavy atom. The van der Waals surface area contributed by atoms with Crippen LogP contribution in [0.2, 0.25) is 0 Å². The minimum absolute atomic E-state index is 0.112. The Labute approximate surface area is 186 Å². The third-order valence-electron chi connectivity index (χ3n) is 8.06. The first-order valence-corrected chi connectivity index (χ1v) is 11.5. The summed E-state index contributed by atoms with van der Waals surface area (Å²) >= 11 is 0. The van der Waals surface area contributed by atoms with Crippen LogP contribution in [0.3, 0.4) is 0 Å². The van der Waals surface area contributed by atoms with Crippen LogP contribution < -0.4 is 4.74 Å². The van der Waals surface area contributed by atoms with Crippen molar-refractivity contribution in [2.45, 2.75) is 25.2 Å². The van der Waals surface area contributed by atoms with E-state index in [0.29, 0.717) is 19.0 Å². The smallest absolute Gasteiger partial charge is 0.242 e. The molecule has 2 aliphatic carbocycles. The van der Waals surface area contributed by atoms with Gasteiger partial charge in [0, 0.05) is 30.2 Å². The molecule has 6 rings (SSSR count). The normalized spacial score (nSPS) is 29.4. The lowest BCUT2D eigenvalue weighted by Crippen LogP contribution is -2.46. The molecule has 4 atom stereocenters. The van der Waals surface area contributed by atoms with Gasteiger partial charge in [0.1, 0.15) is 12.3 Å². The Hall–Kier alpha value is -3.09. The van der Waals surface area contributed by atoms with Gasteiger partial charge in [-0.05, 0) is 60.8 Å². The van der Waals surface area contributed by atoms with Crippen LogP contribution in [0, 0.1) is 23.7 Å². The van der Waals surface area contributed by atoms with Crippen molar-refractivity contribution in [3.63, 3.8) is 0 Å². The highest BCUT2D eigenvalue weighted by atomic mass is 16.5. The second kappa shape index (κ2) is 7.22. The summed E-state index contributed by atoms with van der Waals surface area (Å²) in [6, 6.07) is 6.03. The van der Waals surface area contributed by atoms with Crippen LogP contribution >= 0.6 is 0 Å². The number of ether oxygens (including phenoxy) is 1. The molecular formula is C25H27N3O4. The van der Waals surface area contributed by atoms with E-state index in [-0.39, 0.29) is 47.9 Å². The number of hydrogen-bond donors (Lipinski definition) is 1. The first kappa shape index (κ1) is 19.6. The fourth-order valence-corrected chi connectivity index (χ4v) is 6.38. The maximum Gasteiger partial charge on any atom is 0.242 e. The number of aromatic nitrogens is 1. The van der Waals surface area contributed by atoms with Crippen LogP contribution in [-0.2, 0) is 14.4 Å². The molecule has 1 aromatic heterocycles. The first-order valence-electron chi connectivity index (χ1n) is 11.5. The van der Waals surface area contributed by atoms with Gasteiger partial charge in [-0.15, -0.1) is 0 Å². The lowest BCUT2D eigenvalue weighted by Gasteiger charge is -2.33. The van der Waals surface area contributed by atoms with E-state index < -0.39 is 0 Å². The van der Waals surface area contributed by atoms with E-state index in [0.717, 1.165) is 35.9 Å². The molecule has 7 nitrogen and oxygen atoms in total. The summed E-state index contributed by atoms with van der Waals surface area (Å²) in [6.45, 7) is 1.16. The summed E-state index contributed by atoms with van der Waals surface area (Å²) in [5.41, 5.74) is 2.34. The molecule has 1 saturated carbocycles. The average Bonchev–Trinajstić information content (AvgIpc) is 3.59. The number of likely N-dealkylation sites (tertiary alicyclic amines) is 2. The first-order chi connectivity index (χ1) is 15.5. The molecule has 2 bridgehead atoms. The second-order valence-electron chi connectivity index (χ2n) is 9.57. The zero-order chi connectivity index (χ0) is 22.0. The van der Waals surface area contributed by atoms with Crippen molar-refractivity contribution in [2.75, 3.05) is 26.7 Å². The van der Waals surface area contributed by atoms with Crippen molar-refractivity contribution in [1.82, 2.24) is 14.8 Å². The summed E-state index contributed by atoms with van der Waals surface area (Å²) in [7, 11) is 1.67.